The van der Waals surface area contributed by atoms with Gasteiger partial charge in [0.15, 0.2) is 5.75 Å². The molecular formula is C20H17N3O6S. The fourth-order valence-corrected chi connectivity index (χ4v) is 3.57. The fourth-order valence-electron chi connectivity index (χ4n) is 2.73. The van der Waals surface area contributed by atoms with E-state index in [0.717, 1.165) is 29.0 Å². The highest BCUT2D eigenvalue weighted by Crippen LogP contribution is 2.34. The maximum atomic E-state index is 12.5. The fraction of sp³-hybridized carbons (Fsp3) is 0.150. The van der Waals surface area contributed by atoms with Crippen LogP contribution in [0, 0.1) is 10.1 Å². The SMILES string of the molecule is CCc1ccc(NC(=O)CN2C(=O)S/C(=C/c3ccc(O)c([N+](=O)[O-])c3)C2=O)cc1. The molecule has 0 spiro atoms. The van der Waals surface area contributed by atoms with Gasteiger partial charge in [-0.3, -0.25) is 29.4 Å². The Hall–Kier alpha value is -3.66. The number of benzene rings is 2. The number of amides is 3. The Morgan fingerprint density at radius 1 is 1.23 bits per heavy atom. The number of nitro groups is 1. The van der Waals surface area contributed by atoms with Crippen LogP contribution in [0.15, 0.2) is 47.4 Å². The van der Waals surface area contributed by atoms with Crippen molar-refractivity contribution in [1.29, 1.82) is 0 Å². The van der Waals surface area contributed by atoms with Crippen LogP contribution in [0.3, 0.4) is 0 Å². The summed E-state index contributed by atoms with van der Waals surface area (Å²) in [5.74, 6) is -1.70. The molecule has 1 fully saturated rings. The number of aryl methyl sites for hydroxylation is 1. The zero-order chi connectivity index (χ0) is 21.8. The predicted octanol–water partition coefficient (Wildman–Crippen LogP) is 3.54. The van der Waals surface area contributed by atoms with Crippen LogP contribution >= 0.6 is 11.8 Å². The van der Waals surface area contributed by atoms with E-state index in [1.165, 1.54) is 12.1 Å². The first-order valence-corrected chi connectivity index (χ1v) is 9.71. The summed E-state index contributed by atoms with van der Waals surface area (Å²) in [6, 6.07) is 10.8. The number of anilines is 1. The second-order valence-electron chi connectivity index (χ2n) is 6.37. The molecule has 2 N–H and O–H groups in total. The minimum atomic E-state index is -0.754. The van der Waals surface area contributed by atoms with Crippen LogP contribution in [-0.4, -0.2) is 38.5 Å². The van der Waals surface area contributed by atoms with E-state index in [1.807, 2.05) is 19.1 Å². The third kappa shape index (κ3) is 4.66. The van der Waals surface area contributed by atoms with Gasteiger partial charge in [0.05, 0.1) is 9.83 Å². The quantitative estimate of drug-likeness (QED) is 0.410. The maximum Gasteiger partial charge on any atom is 0.311 e. The number of phenols is 1. The van der Waals surface area contributed by atoms with Crippen LogP contribution in [0.1, 0.15) is 18.1 Å². The van der Waals surface area contributed by atoms with Gasteiger partial charge in [0.1, 0.15) is 6.54 Å². The largest absolute Gasteiger partial charge is 0.502 e. The molecule has 2 aromatic rings. The smallest absolute Gasteiger partial charge is 0.311 e. The summed E-state index contributed by atoms with van der Waals surface area (Å²) < 4.78 is 0. The number of carbonyl (C=O) groups is 3. The monoisotopic (exact) mass is 427 g/mol. The van der Waals surface area contributed by atoms with Gasteiger partial charge in [0.2, 0.25) is 5.91 Å². The molecule has 2 aromatic carbocycles. The molecule has 0 atom stereocenters. The van der Waals surface area contributed by atoms with Crippen molar-refractivity contribution in [2.24, 2.45) is 0 Å². The summed E-state index contributed by atoms with van der Waals surface area (Å²) in [7, 11) is 0. The van der Waals surface area contributed by atoms with Gasteiger partial charge >= 0.3 is 5.69 Å². The number of nitrogens with zero attached hydrogens (tertiary/aromatic N) is 2. The third-order valence-corrected chi connectivity index (χ3v) is 5.22. The lowest BCUT2D eigenvalue weighted by molar-refractivity contribution is -0.385. The lowest BCUT2D eigenvalue weighted by atomic mass is 10.1. The highest BCUT2D eigenvalue weighted by atomic mass is 32.2. The molecule has 1 aliphatic rings. The molecule has 0 radical (unpaired) electrons. The molecule has 0 saturated carbocycles. The Labute approximate surface area is 175 Å². The Bertz CT molecular complexity index is 1060. The van der Waals surface area contributed by atoms with Gasteiger partial charge in [-0.15, -0.1) is 0 Å². The first-order chi connectivity index (χ1) is 14.3. The lowest BCUT2D eigenvalue weighted by Gasteiger charge is -2.12. The Morgan fingerprint density at radius 2 is 1.93 bits per heavy atom. The van der Waals surface area contributed by atoms with Gasteiger partial charge in [-0.25, -0.2) is 0 Å². The number of hydrogen-bond acceptors (Lipinski definition) is 7. The van der Waals surface area contributed by atoms with Gasteiger partial charge in [-0.05, 0) is 53.6 Å². The van der Waals surface area contributed by atoms with E-state index >= 15 is 0 Å². The molecule has 1 saturated heterocycles. The van der Waals surface area contributed by atoms with Crippen molar-refractivity contribution in [3.8, 4) is 5.75 Å². The molecule has 0 aliphatic carbocycles. The topological polar surface area (TPSA) is 130 Å². The van der Waals surface area contributed by atoms with Crippen molar-refractivity contribution in [3.05, 3.63) is 68.6 Å². The number of thioether (sulfide) groups is 1. The molecule has 9 nitrogen and oxygen atoms in total. The zero-order valence-corrected chi connectivity index (χ0v) is 16.6. The van der Waals surface area contributed by atoms with Crippen LogP contribution in [0.5, 0.6) is 5.75 Å². The number of carbonyl (C=O) groups excluding carboxylic acids is 3. The van der Waals surface area contributed by atoms with Crippen molar-refractivity contribution in [2.45, 2.75) is 13.3 Å². The number of hydrogen-bond donors (Lipinski definition) is 2. The average molecular weight is 427 g/mol. The van der Waals surface area contributed by atoms with E-state index in [9.17, 15) is 29.6 Å². The normalized spacial score (nSPS) is 15.0. The van der Waals surface area contributed by atoms with Crippen LogP contribution in [0.4, 0.5) is 16.2 Å². The van der Waals surface area contributed by atoms with Gasteiger partial charge < -0.3 is 10.4 Å². The van der Waals surface area contributed by atoms with E-state index in [0.29, 0.717) is 17.4 Å². The second kappa shape index (κ2) is 8.78. The molecule has 3 amide bonds. The molecule has 0 aromatic heterocycles. The molecule has 154 valence electrons. The summed E-state index contributed by atoms with van der Waals surface area (Å²) >= 11 is 0.634. The minimum Gasteiger partial charge on any atom is -0.502 e. The maximum absolute atomic E-state index is 12.5. The summed E-state index contributed by atoms with van der Waals surface area (Å²) in [6.07, 6.45) is 2.17. The van der Waals surface area contributed by atoms with Crippen molar-refractivity contribution in [3.63, 3.8) is 0 Å². The number of nitrogens with one attached hydrogen (secondary N) is 1. The highest BCUT2D eigenvalue weighted by molar-refractivity contribution is 8.18. The van der Waals surface area contributed by atoms with Crippen molar-refractivity contribution in [1.82, 2.24) is 4.90 Å². The summed E-state index contributed by atoms with van der Waals surface area (Å²) in [4.78, 5) is 48.0. The Morgan fingerprint density at radius 3 is 2.57 bits per heavy atom. The Balaban J connectivity index is 1.71. The molecule has 10 heteroatoms. The summed E-state index contributed by atoms with van der Waals surface area (Å²) in [6.45, 7) is 1.56. The predicted molar refractivity (Wildman–Crippen MR) is 112 cm³/mol. The minimum absolute atomic E-state index is 0.0279. The first-order valence-electron chi connectivity index (χ1n) is 8.90. The van der Waals surface area contributed by atoms with Crippen LogP contribution in [0.2, 0.25) is 0 Å². The van der Waals surface area contributed by atoms with Crippen LogP contribution in [-0.2, 0) is 16.0 Å². The highest BCUT2D eigenvalue weighted by Gasteiger charge is 2.36. The van der Waals surface area contributed by atoms with E-state index < -0.39 is 40.0 Å². The van der Waals surface area contributed by atoms with Gasteiger partial charge in [0.25, 0.3) is 11.1 Å². The number of imide groups is 1. The van der Waals surface area contributed by atoms with Crippen molar-refractivity contribution >= 4 is 46.3 Å². The van der Waals surface area contributed by atoms with E-state index in [2.05, 4.69) is 5.32 Å². The molecule has 30 heavy (non-hydrogen) atoms. The van der Waals surface area contributed by atoms with Gasteiger partial charge in [0, 0.05) is 11.8 Å². The number of nitro benzene ring substituents is 1. The van der Waals surface area contributed by atoms with E-state index in [1.54, 1.807) is 12.1 Å². The van der Waals surface area contributed by atoms with E-state index in [4.69, 9.17) is 0 Å². The van der Waals surface area contributed by atoms with Crippen LogP contribution in [0.25, 0.3) is 6.08 Å². The van der Waals surface area contributed by atoms with Gasteiger partial charge in [-0.2, -0.15) is 0 Å². The van der Waals surface area contributed by atoms with Crippen LogP contribution < -0.4 is 5.32 Å². The molecule has 1 aliphatic heterocycles. The van der Waals surface area contributed by atoms with Gasteiger partial charge in [-0.1, -0.05) is 25.1 Å². The second-order valence-corrected chi connectivity index (χ2v) is 7.36. The van der Waals surface area contributed by atoms with Crippen molar-refractivity contribution in [2.75, 3.05) is 11.9 Å². The Kier molecular flexibility index (Phi) is 6.17. The molecule has 3 rings (SSSR count). The number of phenolic OH excluding ortho intramolecular Hbond substituents is 1. The molecule has 0 bridgehead atoms. The molecule has 0 unspecified atom stereocenters. The number of aromatic hydroxyl groups is 1. The lowest BCUT2D eigenvalue weighted by Crippen LogP contribution is -2.36. The standard InChI is InChI=1S/C20H17N3O6S/c1-2-12-3-6-14(7-4-12)21-18(25)11-22-19(26)17(30-20(22)27)10-13-5-8-16(24)15(9-13)23(28)29/h3-10,24H,2,11H2,1H3,(H,21,25)/b17-10+. The first kappa shape index (κ1) is 21.1. The van der Waals surface area contributed by atoms with Crippen molar-refractivity contribution < 1.29 is 24.4 Å². The average Bonchev–Trinajstić information content (AvgIpc) is 2.97. The zero-order valence-electron chi connectivity index (χ0n) is 15.8. The molecular weight excluding hydrogens is 410 g/mol. The van der Waals surface area contributed by atoms with E-state index in [-0.39, 0.29) is 10.5 Å². The third-order valence-electron chi connectivity index (χ3n) is 4.32. The summed E-state index contributed by atoms with van der Waals surface area (Å²) in [5.41, 5.74) is 1.41. The molecule has 1 heterocycles. The number of rotatable bonds is 6. The summed E-state index contributed by atoms with van der Waals surface area (Å²) in [5, 5.41) is 22.5.